The van der Waals surface area contributed by atoms with Crippen molar-refractivity contribution in [1.82, 2.24) is 0 Å². The van der Waals surface area contributed by atoms with E-state index in [1.165, 1.54) is 64.2 Å². The lowest BCUT2D eigenvalue weighted by Crippen LogP contribution is -2.11. The van der Waals surface area contributed by atoms with Crippen LogP contribution in [0.5, 0.6) is 0 Å². The quantitative estimate of drug-likeness (QED) is 0.265. The van der Waals surface area contributed by atoms with Gasteiger partial charge in [-0.25, -0.2) is 0 Å². The van der Waals surface area contributed by atoms with Gasteiger partial charge in [0.15, 0.2) is 0 Å². The fourth-order valence-corrected chi connectivity index (χ4v) is 3.68. The van der Waals surface area contributed by atoms with Crippen LogP contribution >= 0.6 is 0 Å². The minimum Gasteiger partial charge on any atom is -0.525 e. The van der Waals surface area contributed by atoms with Crippen LogP contribution in [-0.2, 0) is 9.22 Å². The van der Waals surface area contributed by atoms with Crippen LogP contribution in [0, 0.1) is 5.92 Å². The van der Waals surface area contributed by atoms with E-state index in [2.05, 4.69) is 20.8 Å². The van der Waals surface area contributed by atoms with Gasteiger partial charge < -0.3 is 4.43 Å². The van der Waals surface area contributed by atoms with Gasteiger partial charge in [0.05, 0.1) is 0 Å². The molecule has 3 heteroatoms. The molecule has 0 bridgehead atoms. The topological polar surface area (TPSA) is 26.3 Å². The highest BCUT2D eigenvalue weighted by atomic mass is 28.2. The zero-order valence-corrected chi connectivity index (χ0v) is 16.9. The molecule has 0 atom stereocenters. The first-order valence-electron chi connectivity index (χ1n) is 9.90. The van der Waals surface area contributed by atoms with Crippen LogP contribution in [0.2, 0.25) is 6.04 Å². The van der Waals surface area contributed by atoms with Gasteiger partial charge in [-0.1, -0.05) is 91.4 Å². The molecular weight excluding hydrogens is 288 g/mol. The number of carbonyl (C=O) groups excluding carboxylic acids is 1. The molecule has 22 heavy (non-hydrogen) atoms. The van der Waals surface area contributed by atoms with E-state index in [1.807, 2.05) is 0 Å². The van der Waals surface area contributed by atoms with E-state index in [-0.39, 0.29) is 5.97 Å². The SMILES string of the molecule is CCCCCCC(CCCCCC)CCC(=O)O[SiH2]CCC. The average Bonchev–Trinajstić information content (AvgIpc) is 2.52. The Bertz CT molecular complexity index is 232. The number of hydrogen-bond acceptors (Lipinski definition) is 2. The van der Waals surface area contributed by atoms with Crippen LogP contribution in [0.4, 0.5) is 0 Å². The predicted molar refractivity (Wildman–Crippen MR) is 100.0 cm³/mol. The van der Waals surface area contributed by atoms with Crippen molar-refractivity contribution in [2.75, 3.05) is 0 Å². The molecule has 0 amide bonds. The molecule has 0 radical (unpaired) electrons. The first-order valence-corrected chi connectivity index (χ1v) is 11.5. The largest absolute Gasteiger partial charge is 0.525 e. The molecule has 0 aromatic rings. The Labute approximate surface area is 141 Å². The summed E-state index contributed by atoms with van der Waals surface area (Å²) in [5.41, 5.74) is 0. The van der Waals surface area contributed by atoms with Crippen molar-refractivity contribution >= 4 is 15.7 Å². The molecule has 0 aliphatic carbocycles. The smallest absolute Gasteiger partial charge is 0.292 e. The summed E-state index contributed by atoms with van der Waals surface area (Å²) in [5.74, 6) is 0.821. The van der Waals surface area contributed by atoms with Gasteiger partial charge in [0, 0.05) is 6.42 Å². The molecule has 0 rings (SSSR count). The summed E-state index contributed by atoms with van der Waals surface area (Å²) in [6.07, 6.45) is 16.2. The Balaban J connectivity index is 3.90. The molecule has 0 aliphatic rings. The van der Waals surface area contributed by atoms with Gasteiger partial charge in [0.2, 0.25) is 9.76 Å². The Hall–Kier alpha value is -0.313. The van der Waals surface area contributed by atoms with E-state index in [9.17, 15) is 4.79 Å². The molecule has 0 aliphatic heterocycles. The van der Waals surface area contributed by atoms with Crippen molar-refractivity contribution in [2.24, 2.45) is 5.92 Å². The normalized spacial score (nSPS) is 11.6. The zero-order valence-electron chi connectivity index (χ0n) is 15.5. The van der Waals surface area contributed by atoms with Crippen molar-refractivity contribution in [2.45, 2.75) is 110 Å². The predicted octanol–water partition coefficient (Wildman–Crippen LogP) is 5.78. The third kappa shape index (κ3) is 14.6. The minimum atomic E-state index is -0.576. The van der Waals surface area contributed by atoms with Gasteiger partial charge in [-0.15, -0.1) is 0 Å². The Morgan fingerprint density at radius 2 is 1.41 bits per heavy atom. The number of unbranched alkanes of at least 4 members (excludes halogenated alkanes) is 6. The van der Waals surface area contributed by atoms with Crippen molar-refractivity contribution in [3.63, 3.8) is 0 Å². The van der Waals surface area contributed by atoms with Gasteiger partial charge in [0.25, 0.3) is 5.97 Å². The number of carbonyl (C=O) groups is 1. The number of rotatable bonds is 16. The molecule has 2 nitrogen and oxygen atoms in total. The molecule has 0 saturated carbocycles. The maximum Gasteiger partial charge on any atom is 0.292 e. The molecular formula is C19H40O2Si. The van der Waals surface area contributed by atoms with Gasteiger partial charge in [-0.3, -0.25) is 4.79 Å². The highest BCUT2D eigenvalue weighted by Gasteiger charge is 2.12. The van der Waals surface area contributed by atoms with Gasteiger partial charge in [-0.2, -0.15) is 0 Å². The Morgan fingerprint density at radius 1 is 0.818 bits per heavy atom. The van der Waals surface area contributed by atoms with E-state index < -0.39 is 9.76 Å². The average molecular weight is 329 g/mol. The lowest BCUT2D eigenvalue weighted by atomic mass is 9.90. The highest BCUT2D eigenvalue weighted by molar-refractivity contribution is 6.30. The standard InChI is InChI=1S/C19H40O2Si/c1-4-7-9-11-13-18(14-12-10-8-5-2)15-16-19(20)21-22-17-6-3/h18H,4-17,22H2,1-3H3. The van der Waals surface area contributed by atoms with Crippen LogP contribution in [0.3, 0.4) is 0 Å². The molecule has 132 valence electrons. The van der Waals surface area contributed by atoms with Gasteiger partial charge >= 0.3 is 0 Å². The second-order valence-electron chi connectivity index (χ2n) is 6.68. The molecule has 0 fully saturated rings. The minimum absolute atomic E-state index is 0.0761. The molecule has 0 heterocycles. The first-order chi connectivity index (χ1) is 10.7. The van der Waals surface area contributed by atoms with Crippen molar-refractivity contribution in [1.29, 1.82) is 0 Å². The summed E-state index contributed by atoms with van der Waals surface area (Å²) < 4.78 is 5.42. The summed E-state index contributed by atoms with van der Waals surface area (Å²) >= 11 is 0. The lowest BCUT2D eigenvalue weighted by molar-refractivity contribution is -0.134. The molecule has 0 N–H and O–H groups in total. The first kappa shape index (κ1) is 21.7. The number of hydrogen-bond donors (Lipinski definition) is 0. The van der Waals surface area contributed by atoms with Crippen LogP contribution in [0.15, 0.2) is 0 Å². The monoisotopic (exact) mass is 328 g/mol. The second-order valence-corrected chi connectivity index (χ2v) is 8.08. The second kappa shape index (κ2) is 17.0. The molecule has 0 saturated heterocycles. The van der Waals surface area contributed by atoms with E-state index in [4.69, 9.17) is 4.43 Å². The van der Waals surface area contributed by atoms with Crippen molar-refractivity contribution in [3.8, 4) is 0 Å². The summed E-state index contributed by atoms with van der Waals surface area (Å²) in [6, 6.07) is 1.13. The van der Waals surface area contributed by atoms with Crippen molar-refractivity contribution < 1.29 is 9.22 Å². The van der Waals surface area contributed by atoms with Gasteiger partial charge in [-0.05, 0) is 18.4 Å². The maximum atomic E-state index is 11.8. The van der Waals surface area contributed by atoms with E-state index in [1.54, 1.807) is 0 Å². The third-order valence-electron chi connectivity index (χ3n) is 4.45. The van der Waals surface area contributed by atoms with E-state index >= 15 is 0 Å². The van der Waals surface area contributed by atoms with Crippen LogP contribution < -0.4 is 0 Å². The fraction of sp³-hybridized carbons (Fsp3) is 0.947. The van der Waals surface area contributed by atoms with E-state index in [0.29, 0.717) is 6.42 Å². The Morgan fingerprint density at radius 3 is 1.91 bits per heavy atom. The Kier molecular flexibility index (Phi) is 16.8. The summed E-state index contributed by atoms with van der Waals surface area (Å²) in [5, 5.41) is 0. The third-order valence-corrected chi connectivity index (χ3v) is 5.97. The fourth-order valence-electron chi connectivity index (χ4n) is 2.88. The van der Waals surface area contributed by atoms with Crippen LogP contribution in [-0.4, -0.2) is 15.7 Å². The summed E-state index contributed by atoms with van der Waals surface area (Å²) in [4.78, 5) is 11.8. The van der Waals surface area contributed by atoms with Gasteiger partial charge in [0.1, 0.15) is 0 Å². The van der Waals surface area contributed by atoms with Crippen LogP contribution in [0.1, 0.15) is 104 Å². The van der Waals surface area contributed by atoms with Crippen LogP contribution in [0.25, 0.3) is 0 Å². The molecule has 0 spiro atoms. The highest BCUT2D eigenvalue weighted by Crippen LogP contribution is 2.23. The van der Waals surface area contributed by atoms with Crippen molar-refractivity contribution in [3.05, 3.63) is 0 Å². The summed E-state index contributed by atoms with van der Waals surface area (Å²) in [6.45, 7) is 6.68. The lowest BCUT2D eigenvalue weighted by Gasteiger charge is -2.16. The molecule has 0 aromatic carbocycles. The summed E-state index contributed by atoms with van der Waals surface area (Å²) in [7, 11) is -0.576. The van der Waals surface area contributed by atoms with E-state index in [0.717, 1.165) is 24.8 Å². The zero-order chi connectivity index (χ0) is 16.5. The molecule has 0 unspecified atom stereocenters. The molecule has 0 aromatic heterocycles. The maximum absolute atomic E-state index is 11.8.